The van der Waals surface area contributed by atoms with E-state index in [4.69, 9.17) is 4.74 Å². The minimum absolute atomic E-state index is 0.363. The van der Waals surface area contributed by atoms with Crippen molar-refractivity contribution in [2.24, 2.45) is 11.8 Å². The van der Waals surface area contributed by atoms with Crippen molar-refractivity contribution < 1.29 is 9.84 Å². The molecular formula is C17H31NO2. The zero-order chi connectivity index (χ0) is 14.2. The summed E-state index contributed by atoms with van der Waals surface area (Å²) < 4.78 is 5.90. The highest BCUT2D eigenvalue weighted by molar-refractivity contribution is 4.90. The van der Waals surface area contributed by atoms with E-state index in [2.05, 4.69) is 24.4 Å². The Balaban J connectivity index is 1.53. The van der Waals surface area contributed by atoms with Gasteiger partial charge in [0.05, 0.1) is 18.8 Å². The van der Waals surface area contributed by atoms with Gasteiger partial charge in [-0.2, -0.15) is 0 Å². The summed E-state index contributed by atoms with van der Waals surface area (Å²) in [5.41, 5.74) is 0. The summed E-state index contributed by atoms with van der Waals surface area (Å²) in [5, 5.41) is 13.4. The average Bonchev–Trinajstić information content (AvgIpc) is 2.47. The van der Waals surface area contributed by atoms with Crippen LogP contribution in [-0.4, -0.2) is 37.0 Å². The van der Waals surface area contributed by atoms with Crippen molar-refractivity contribution in [3.63, 3.8) is 0 Å². The van der Waals surface area contributed by atoms with Gasteiger partial charge in [0.2, 0.25) is 0 Å². The summed E-state index contributed by atoms with van der Waals surface area (Å²) in [6, 6.07) is 0. The second-order valence-corrected chi connectivity index (χ2v) is 6.60. The van der Waals surface area contributed by atoms with Crippen LogP contribution >= 0.6 is 0 Å². The van der Waals surface area contributed by atoms with Crippen LogP contribution in [0.3, 0.4) is 0 Å². The number of hydrogen-bond acceptors (Lipinski definition) is 3. The lowest BCUT2D eigenvalue weighted by molar-refractivity contribution is -0.0452. The number of aliphatic hydroxyl groups excluding tert-OH is 1. The molecule has 0 bridgehead atoms. The van der Waals surface area contributed by atoms with Gasteiger partial charge in [-0.05, 0) is 50.5 Å². The van der Waals surface area contributed by atoms with E-state index in [1.54, 1.807) is 0 Å². The molecular weight excluding hydrogens is 250 g/mol. The molecule has 0 radical (unpaired) electrons. The molecule has 0 heterocycles. The van der Waals surface area contributed by atoms with Gasteiger partial charge in [-0.25, -0.2) is 0 Å². The first-order valence-corrected chi connectivity index (χ1v) is 8.41. The summed E-state index contributed by atoms with van der Waals surface area (Å²) in [6.45, 7) is 4.42. The van der Waals surface area contributed by atoms with Gasteiger partial charge in [0.1, 0.15) is 0 Å². The van der Waals surface area contributed by atoms with Crippen molar-refractivity contribution in [2.75, 3.05) is 19.7 Å². The first kappa shape index (κ1) is 16.0. The summed E-state index contributed by atoms with van der Waals surface area (Å²) >= 11 is 0. The van der Waals surface area contributed by atoms with Crippen molar-refractivity contribution in [3.8, 4) is 0 Å². The molecule has 2 aliphatic carbocycles. The predicted octanol–water partition coefficient (Wildman–Crippen LogP) is 2.89. The molecule has 2 rings (SSSR count). The first-order chi connectivity index (χ1) is 9.75. The molecule has 116 valence electrons. The Kier molecular flexibility index (Phi) is 7.05. The maximum atomic E-state index is 9.99. The lowest BCUT2D eigenvalue weighted by Gasteiger charge is -2.29. The third kappa shape index (κ3) is 5.55. The van der Waals surface area contributed by atoms with E-state index in [-0.39, 0.29) is 6.10 Å². The number of aliphatic hydroxyl groups is 1. The third-order valence-corrected chi connectivity index (χ3v) is 4.73. The molecule has 3 heteroatoms. The summed E-state index contributed by atoms with van der Waals surface area (Å²) in [5.74, 6) is 1.39. The Bertz CT molecular complexity index is 293. The van der Waals surface area contributed by atoms with E-state index in [1.807, 2.05) is 0 Å². The minimum Gasteiger partial charge on any atom is -0.389 e. The molecule has 20 heavy (non-hydrogen) atoms. The Morgan fingerprint density at radius 3 is 2.85 bits per heavy atom. The Hall–Kier alpha value is -0.380. The smallest absolute Gasteiger partial charge is 0.0897 e. The van der Waals surface area contributed by atoms with E-state index in [0.29, 0.717) is 25.2 Å². The quantitative estimate of drug-likeness (QED) is 0.705. The Labute approximate surface area is 123 Å². The van der Waals surface area contributed by atoms with Crippen LogP contribution in [-0.2, 0) is 4.74 Å². The lowest BCUT2D eigenvalue weighted by Crippen LogP contribution is -2.36. The van der Waals surface area contributed by atoms with Crippen LogP contribution in [0.25, 0.3) is 0 Å². The minimum atomic E-state index is -0.372. The molecule has 2 N–H and O–H groups in total. The monoisotopic (exact) mass is 281 g/mol. The van der Waals surface area contributed by atoms with Crippen LogP contribution in [0, 0.1) is 11.8 Å². The number of hydrogen-bond donors (Lipinski definition) is 2. The second kappa shape index (κ2) is 8.81. The molecule has 1 fully saturated rings. The predicted molar refractivity (Wildman–Crippen MR) is 82.7 cm³/mol. The standard InChI is InChI=1S/C17H31NO2/c1-14-7-5-6-10-17(14)20-13-16(19)12-18-11-15-8-3-2-4-9-15/h2-3,14-19H,4-13H2,1H3. The Morgan fingerprint density at radius 2 is 2.10 bits per heavy atom. The molecule has 0 aromatic heterocycles. The highest BCUT2D eigenvalue weighted by atomic mass is 16.5. The van der Waals surface area contributed by atoms with Crippen LogP contribution in [0.5, 0.6) is 0 Å². The van der Waals surface area contributed by atoms with Gasteiger partial charge in [-0.3, -0.25) is 0 Å². The fraction of sp³-hybridized carbons (Fsp3) is 0.882. The number of rotatable bonds is 7. The molecule has 3 nitrogen and oxygen atoms in total. The fourth-order valence-electron chi connectivity index (χ4n) is 3.32. The molecule has 1 saturated carbocycles. The van der Waals surface area contributed by atoms with E-state index in [9.17, 15) is 5.11 Å². The van der Waals surface area contributed by atoms with Gasteiger partial charge >= 0.3 is 0 Å². The molecule has 0 spiro atoms. The van der Waals surface area contributed by atoms with Crippen molar-refractivity contribution in [1.82, 2.24) is 5.32 Å². The van der Waals surface area contributed by atoms with Gasteiger partial charge in [0.15, 0.2) is 0 Å². The fourth-order valence-corrected chi connectivity index (χ4v) is 3.32. The maximum Gasteiger partial charge on any atom is 0.0897 e. The van der Waals surface area contributed by atoms with Gasteiger partial charge in [0, 0.05) is 6.54 Å². The van der Waals surface area contributed by atoms with Crippen molar-refractivity contribution in [1.29, 1.82) is 0 Å². The molecule has 0 amide bonds. The number of nitrogens with one attached hydrogen (secondary N) is 1. The second-order valence-electron chi connectivity index (χ2n) is 6.60. The normalized spacial score (nSPS) is 32.2. The SMILES string of the molecule is CC1CCCCC1OCC(O)CNCC1CC=CCC1. The summed E-state index contributed by atoms with van der Waals surface area (Å²) in [6.07, 6.45) is 13.2. The van der Waals surface area contributed by atoms with Crippen LogP contribution < -0.4 is 5.32 Å². The van der Waals surface area contributed by atoms with Gasteiger partial charge < -0.3 is 15.2 Å². The first-order valence-electron chi connectivity index (χ1n) is 8.41. The zero-order valence-electron chi connectivity index (χ0n) is 12.9. The van der Waals surface area contributed by atoms with Crippen LogP contribution in [0.1, 0.15) is 51.9 Å². The van der Waals surface area contributed by atoms with Gasteiger partial charge in [-0.1, -0.05) is 31.9 Å². The number of ether oxygens (including phenoxy) is 1. The van der Waals surface area contributed by atoms with E-state index >= 15 is 0 Å². The van der Waals surface area contributed by atoms with Crippen molar-refractivity contribution in [2.45, 2.75) is 64.1 Å². The van der Waals surface area contributed by atoms with Gasteiger partial charge in [-0.15, -0.1) is 0 Å². The largest absolute Gasteiger partial charge is 0.389 e. The highest BCUT2D eigenvalue weighted by Gasteiger charge is 2.22. The van der Waals surface area contributed by atoms with E-state index in [0.717, 1.165) is 18.9 Å². The van der Waals surface area contributed by atoms with Crippen molar-refractivity contribution in [3.05, 3.63) is 12.2 Å². The molecule has 0 aromatic rings. The third-order valence-electron chi connectivity index (χ3n) is 4.73. The molecule has 4 atom stereocenters. The number of allylic oxidation sites excluding steroid dienone is 2. The molecule has 2 aliphatic rings. The topological polar surface area (TPSA) is 41.5 Å². The van der Waals surface area contributed by atoms with Gasteiger partial charge in [0.25, 0.3) is 0 Å². The van der Waals surface area contributed by atoms with E-state index in [1.165, 1.54) is 38.5 Å². The van der Waals surface area contributed by atoms with Crippen LogP contribution in [0.15, 0.2) is 12.2 Å². The molecule has 0 aromatic carbocycles. The average molecular weight is 281 g/mol. The van der Waals surface area contributed by atoms with Crippen LogP contribution in [0.2, 0.25) is 0 Å². The van der Waals surface area contributed by atoms with Crippen molar-refractivity contribution >= 4 is 0 Å². The highest BCUT2D eigenvalue weighted by Crippen LogP contribution is 2.26. The lowest BCUT2D eigenvalue weighted by atomic mass is 9.88. The zero-order valence-corrected chi connectivity index (χ0v) is 12.9. The molecule has 4 unspecified atom stereocenters. The summed E-state index contributed by atoms with van der Waals surface area (Å²) in [4.78, 5) is 0. The summed E-state index contributed by atoms with van der Waals surface area (Å²) in [7, 11) is 0. The van der Waals surface area contributed by atoms with E-state index < -0.39 is 0 Å². The molecule has 0 saturated heterocycles. The maximum absolute atomic E-state index is 9.99. The molecule has 0 aliphatic heterocycles. The van der Waals surface area contributed by atoms with Crippen LogP contribution in [0.4, 0.5) is 0 Å². The Morgan fingerprint density at radius 1 is 1.25 bits per heavy atom.